The summed E-state index contributed by atoms with van der Waals surface area (Å²) in [5.41, 5.74) is 7.85. The number of ether oxygens (including phenoxy) is 1. The van der Waals surface area contributed by atoms with Crippen LogP contribution in [0.1, 0.15) is 17.9 Å². The minimum absolute atomic E-state index is 0.215. The molecule has 1 aliphatic heterocycles. The average Bonchev–Trinajstić information content (AvgIpc) is 2.52. The SMILES string of the molecule is CN1CC[C@H](Oc2ccc(N)cc2)[C@H](c2ccccc2)C1. The zero-order chi connectivity index (χ0) is 14.7. The number of anilines is 1. The molecular formula is C18H22N2O. The molecule has 2 N–H and O–H groups in total. The van der Waals surface area contributed by atoms with E-state index in [2.05, 4.69) is 42.3 Å². The normalized spacial score (nSPS) is 22.9. The van der Waals surface area contributed by atoms with Gasteiger partial charge in [-0.25, -0.2) is 0 Å². The van der Waals surface area contributed by atoms with E-state index >= 15 is 0 Å². The van der Waals surface area contributed by atoms with E-state index in [-0.39, 0.29) is 6.10 Å². The molecule has 3 heteroatoms. The summed E-state index contributed by atoms with van der Waals surface area (Å²) < 4.78 is 6.24. The molecule has 3 rings (SSSR count). The third-order valence-electron chi connectivity index (χ3n) is 4.15. The van der Waals surface area contributed by atoms with E-state index in [0.29, 0.717) is 5.92 Å². The van der Waals surface area contributed by atoms with Crippen molar-refractivity contribution in [1.82, 2.24) is 4.90 Å². The number of piperidine rings is 1. The Kier molecular flexibility index (Phi) is 4.11. The van der Waals surface area contributed by atoms with Crippen molar-refractivity contribution in [3.8, 4) is 5.75 Å². The Labute approximate surface area is 126 Å². The first-order valence-corrected chi connectivity index (χ1v) is 7.48. The van der Waals surface area contributed by atoms with Crippen LogP contribution in [0, 0.1) is 0 Å². The molecular weight excluding hydrogens is 260 g/mol. The van der Waals surface area contributed by atoms with Crippen molar-refractivity contribution in [3.63, 3.8) is 0 Å². The summed E-state index contributed by atoms with van der Waals surface area (Å²) in [6.07, 6.45) is 1.26. The van der Waals surface area contributed by atoms with Gasteiger partial charge in [-0.1, -0.05) is 30.3 Å². The number of hydrogen-bond acceptors (Lipinski definition) is 3. The van der Waals surface area contributed by atoms with E-state index in [4.69, 9.17) is 10.5 Å². The maximum absolute atomic E-state index is 6.24. The Morgan fingerprint density at radius 2 is 1.76 bits per heavy atom. The van der Waals surface area contributed by atoms with Crippen LogP contribution in [0.3, 0.4) is 0 Å². The van der Waals surface area contributed by atoms with Crippen LogP contribution in [-0.4, -0.2) is 31.1 Å². The summed E-state index contributed by atoms with van der Waals surface area (Å²) in [5.74, 6) is 1.31. The summed E-state index contributed by atoms with van der Waals surface area (Å²) in [5, 5.41) is 0. The molecule has 1 aliphatic rings. The fourth-order valence-electron chi connectivity index (χ4n) is 2.98. The van der Waals surface area contributed by atoms with Crippen LogP contribution in [0.5, 0.6) is 5.75 Å². The van der Waals surface area contributed by atoms with E-state index in [0.717, 1.165) is 30.9 Å². The summed E-state index contributed by atoms with van der Waals surface area (Å²) in [4.78, 5) is 2.38. The first-order chi connectivity index (χ1) is 10.2. The molecule has 0 aromatic heterocycles. The number of likely N-dealkylation sites (tertiary alicyclic amines) is 1. The van der Waals surface area contributed by atoms with Gasteiger partial charge >= 0.3 is 0 Å². The second kappa shape index (κ2) is 6.19. The van der Waals surface area contributed by atoms with Gasteiger partial charge in [-0.15, -0.1) is 0 Å². The maximum Gasteiger partial charge on any atom is 0.119 e. The number of nitrogen functional groups attached to an aromatic ring is 1. The van der Waals surface area contributed by atoms with Crippen molar-refractivity contribution in [1.29, 1.82) is 0 Å². The van der Waals surface area contributed by atoms with Crippen LogP contribution >= 0.6 is 0 Å². The van der Waals surface area contributed by atoms with Gasteiger partial charge in [0, 0.05) is 24.7 Å². The fraction of sp³-hybridized carbons (Fsp3) is 0.333. The zero-order valence-electron chi connectivity index (χ0n) is 12.4. The zero-order valence-corrected chi connectivity index (χ0v) is 12.4. The predicted octanol–water partition coefficient (Wildman–Crippen LogP) is 3.14. The maximum atomic E-state index is 6.24. The molecule has 110 valence electrons. The van der Waals surface area contributed by atoms with Gasteiger partial charge in [-0.05, 0) is 43.3 Å². The quantitative estimate of drug-likeness (QED) is 0.879. The Morgan fingerprint density at radius 1 is 1.05 bits per heavy atom. The van der Waals surface area contributed by atoms with E-state index in [1.54, 1.807) is 0 Å². The molecule has 2 atom stereocenters. The number of nitrogens with two attached hydrogens (primary N) is 1. The van der Waals surface area contributed by atoms with Crippen LogP contribution in [-0.2, 0) is 0 Å². The molecule has 2 aromatic carbocycles. The molecule has 0 radical (unpaired) electrons. The molecule has 0 aliphatic carbocycles. The van der Waals surface area contributed by atoms with Crippen LogP contribution < -0.4 is 10.5 Å². The summed E-state index contributed by atoms with van der Waals surface area (Å²) in [6.45, 7) is 2.10. The van der Waals surface area contributed by atoms with Crippen molar-refractivity contribution in [2.75, 3.05) is 25.9 Å². The number of nitrogens with zero attached hydrogens (tertiary/aromatic N) is 1. The largest absolute Gasteiger partial charge is 0.490 e. The van der Waals surface area contributed by atoms with E-state index in [1.165, 1.54) is 5.56 Å². The van der Waals surface area contributed by atoms with Crippen molar-refractivity contribution in [2.45, 2.75) is 18.4 Å². The lowest BCUT2D eigenvalue weighted by atomic mass is 9.88. The summed E-state index contributed by atoms with van der Waals surface area (Å²) >= 11 is 0. The van der Waals surface area contributed by atoms with Crippen LogP contribution in [0.25, 0.3) is 0 Å². The van der Waals surface area contributed by atoms with Crippen molar-refractivity contribution in [3.05, 3.63) is 60.2 Å². The number of likely N-dealkylation sites (N-methyl/N-ethyl adjacent to an activating group) is 1. The van der Waals surface area contributed by atoms with Crippen molar-refractivity contribution < 1.29 is 4.74 Å². The molecule has 3 nitrogen and oxygen atoms in total. The molecule has 0 unspecified atom stereocenters. The van der Waals surface area contributed by atoms with Gasteiger partial charge in [-0.2, -0.15) is 0 Å². The molecule has 21 heavy (non-hydrogen) atoms. The van der Waals surface area contributed by atoms with Crippen LogP contribution in [0.4, 0.5) is 5.69 Å². The lowest BCUT2D eigenvalue weighted by Crippen LogP contribution is -2.42. The minimum atomic E-state index is 0.215. The Bertz CT molecular complexity index is 568. The third kappa shape index (κ3) is 3.37. The van der Waals surface area contributed by atoms with Gasteiger partial charge in [0.05, 0.1) is 0 Å². The topological polar surface area (TPSA) is 38.5 Å². The monoisotopic (exact) mass is 282 g/mol. The fourth-order valence-corrected chi connectivity index (χ4v) is 2.98. The standard InChI is InChI=1S/C18H22N2O/c1-20-12-11-18(21-16-9-7-15(19)8-10-16)17(13-20)14-5-3-2-4-6-14/h2-10,17-18H,11-13,19H2,1H3/t17-,18-/m0/s1. The van der Waals surface area contributed by atoms with Gasteiger partial charge in [0.25, 0.3) is 0 Å². The van der Waals surface area contributed by atoms with Crippen LogP contribution in [0.2, 0.25) is 0 Å². The predicted molar refractivity (Wildman–Crippen MR) is 86.6 cm³/mol. The Hall–Kier alpha value is -2.00. The van der Waals surface area contributed by atoms with E-state index < -0.39 is 0 Å². The molecule has 0 bridgehead atoms. The molecule has 1 saturated heterocycles. The highest BCUT2D eigenvalue weighted by molar-refractivity contribution is 5.41. The summed E-state index contributed by atoms with van der Waals surface area (Å²) in [6, 6.07) is 18.3. The van der Waals surface area contributed by atoms with E-state index in [1.807, 2.05) is 24.3 Å². The third-order valence-corrected chi connectivity index (χ3v) is 4.15. The number of rotatable bonds is 3. The van der Waals surface area contributed by atoms with Crippen molar-refractivity contribution in [2.24, 2.45) is 0 Å². The first-order valence-electron chi connectivity index (χ1n) is 7.48. The molecule has 0 amide bonds. The molecule has 2 aromatic rings. The molecule has 0 saturated carbocycles. The average molecular weight is 282 g/mol. The highest BCUT2D eigenvalue weighted by Gasteiger charge is 2.30. The Morgan fingerprint density at radius 3 is 2.48 bits per heavy atom. The second-order valence-corrected chi connectivity index (χ2v) is 5.79. The van der Waals surface area contributed by atoms with Gasteiger partial charge < -0.3 is 15.4 Å². The highest BCUT2D eigenvalue weighted by atomic mass is 16.5. The molecule has 1 heterocycles. The van der Waals surface area contributed by atoms with Gasteiger partial charge in [0.1, 0.15) is 11.9 Å². The molecule has 1 fully saturated rings. The first kappa shape index (κ1) is 14.0. The van der Waals surface area contributed by atoms with Gasteiger partial charge in [0.2, 0.25) is 0 Å². The van der Waals surface area contributed by atoms with E-state index in [9.17, 15) is 0 Å². The summed E-state index contributed by atoms with van der Waals surface area (Å²) in [7, 11) is 2.18. The van der Waals surface area contributed by atoms with Crippen LogP contribution in [0.15, 0.2) is 54.6 Å². The van der Waals surface area contributed by atoms with Gasteiger partial charge in [-0.3, -0.25) is 0 Å². The van der Waals surface area contributed by atoms with Crippen molar-refractivity contribution >= 4 is 5.69 Å². The molecule has 0 spiro atoms. The lowest BCUT2D eigenvalue weighted by molar-refractivity contribution is 0.0902. The smallest absolute Gasteiger partial charge is 0.119 e. The second-order valence-electron chi connectivity index (χ2n) is 5.79. The number of benzene rings is 2. The lowest BCUT2D eigenvalue weighted by Gasteiger charge is -2.37. The Balaban J connectivity index is 1.79. The number of hydrogen-bond donors (Lipinski definition) is 1. The van der Waals surface area contributed by atoms with Gasteiger partial charge in [0.15, 0.2) is 0 Å². The highest BCUT2D eigenvalue weighted by Crippen LogP contribution is 2.30. The minimum Gasteiger partial charge on any atom is -0.490 e.